The molecule has 0 aliphatic rings. The van der Waals surface area contributed by atoms with Crippen molar-refractivity contribution in [1.82, 2.24) is 4.90 Å². The van der Waals surface area contributed by atoms with E-state index in [1.54, 1.807) is 20.8 Å². The Labute approximate surface area is 137 Å². The number of aliphatic carboxylic acids is 1. The van der Waals surface area contributed by atoms with E-state index in [9.17, 15) is 18.0 Å². The van der Waals surface area contributed by atoms with Crippen LogP contribution in [0.25, 0.3) is 0 Å². The van der Waals surface area contributed by atoms with Crippen molar-refractivity contribution in [2.24, 2.45) is 0 Å². The molecule has 1 rings (SSSR count). The summed E-state index contributed by atoms with van der Waals surface area (Å²) in [5.41, 5.74) is 0.272. The highest BCUT2D eigenvalue weighted by molar-refractivity contribution is 7.92. The molecule has 1 amide bonds. The van der Waals surface area contributed by atoms with Gasteiger partial charge >= 0.3 is 5.97 Å². The second-order valence-corrected chi connectivity index (χ2v) is 8.21. The molecule has 128 valence electrons. The second-order valence-electron chi connectivity index (χ2n) is 5.70. The third-order valence-corrected chi connectivity index (χ3v) is 5.91. The smallest absolute Gasteiger partial charge is 0.323 e. The Balaban J connectivity index is 3.10. The largest absolute Gasteiger partial charge is 0.480 e. The first-order valence-electron chi connectivity index (χ1n) is 7.48. The molecule has 0 aliphatic carbocycles. The molecule has 6 nitrogen and oxygen atoms in total. The van der Waals surface area contributed by atoms with Crippen molar-refractivity contribution in [3.8, 4) is 0 Å². The standard InChI is InChI=1S/C16H23NO5S/c1-5-12(4)17(10-15(18)19)16(20)13-6-8-14(9-7-13)23(21,22)11(2)3/h6-9,11-12H,5,10H2,1-4H3,(H,18,19). The zero-order valence-electron chi connectivity index (χ0n) is 13.8. The normalized spacial score (nSPS) is 12.9. The number of rotatable bonds is 7. The van der Waals surface area contributed by atoms with Gasteiger partial charge in [-0.1, -0.05) is 6.92 Å². The Morgan fingerprint density at radius 2 is 1.65 bits per heavy atom. The SMILES string of the molecule is CCC(C)N(CC(=O)O)C(=O)c1ccc(S(=O)(=O)C(C)C)cc1. The van der Waals surface area contributed by atoms with E-state index in [2.05, 4.69) is 0 Å². The zero-order valence-corrected chi connectivity index (χ0v) is 14.6. The molecule has 0 aliphatic heterocycles. The van der Waals surface area contributed by atoms with E-state index >= 15 is 0 Å². The number of carboxylic acid groups (broad SMARTS) is 1. The van der Waals surface area contributed by atoms with Gasteiger partial charge < -0.3 is 10.0 Å². The van der Waals surface area contributed by atoms with Gasteiger partial charge in [0.1, 0.15) is 6.54 Å². The van der Waals surface area contributed by atoms with Crippen LogP contribution >= 0.6 is 0 Å². The highest BCUT2D eigenvalue weighted by atomic mass is 32.2. The van der Waals surface area contributed by atoms with E-state index in [0.29, 0.717) is 6.42 Å². The summed E-state index contributed by atoms with van der Waals surface area (Å²) in [5, 5.41) is 8.41. The van der Waals surface area contributed by atoms with Crippen LogP contribution in [0.1, 0.15) is 44.5 Å². The van der Waals surface area contributed by atoms with Gasteiger partial charge in [-0.2, -0.15) is 0 Å². The second kappa shape index (κ2) is 7.59. The Hall–Kier alpha value is -1.89. The maximum atomic E-state index is 12.5. The number of hydrogen-bond acceptors (Lipinski definition) is 4. The van der Waals surface area contributed by atoms with Gasteiger partial charge in [0.2, 0.25) is 0 Å². The number of nitrogens with zero attached hydrogens (tertiary/aromatic N) is 1. The molecule has 0 spiro atoms. The molecule has 1 aromatic carbocycles. The van der Waals surface area contributed by atoms with Gasteiger partial charge in [-0.05, 0) is 51.5 Å². The van der Waals surface area contributed by atoms with Crippen molar-refractivity contribution in [3.63, 3.8) is 0 Å². The number of sulfone groups is 1. The third kappa shape index (κ3) is 4.54. The summed E-state index contributed by atoms with van der Waals surface area (Å²) in [6.07, 6.45) is 0.624. The predicted molar refractivity (Wildman–Crippen MR) is 87.2 cm³/mol. The van der Waals surface area contributed by atoms with Gasteiger partial charge in [-0.15, -0.1) is 0 Å². The number of carboxylic acids is 1. The lowest BCUT2D eigenvalue weighted by Gasteiger charge is -2.27. The molecule has 1 N–H and O–H groups in total. The molecule has 0 saturated carbocycles. The number of benzene rings is 1. The van der Waals surface area contributed by atoms with E-state index in [0.717, 1.165) is 0 Å². The van der Waals surface area contributed by atoms with E-state index in [-0.39, 0.29) is 23.0 Å². The van der Waals surface area contributed by atoms with Crippen molar-refractivity contribution in [2.75, 3.05) is 6.54 Å². The number of hydrogen-bond donors (Lipinski definition) is 1. The summed E-state index contributed by atoms with van der Waals surface area (Å²) < 4.78 is 24.1. The molecule has 0 radical (unpaired) electrons. The molecular weight excluding hydrogens is 318 g/mol. The van der Waals surface area contributed by atoms with Gasteiger partial charge in [0.25, 0.3) is 5.91 Å². The summed E-state index contributed by atoms with van der Waals surface area (Å²) >= 11 is 0. The maximum absolute atomic E-state index is 12.5. The molecule has 23 heavy (non-hydrogen) atoms. The topological polar surface area (TPSA) is 91.8 Å². The van der Waals surface area contributed by atoms with Crippen LogP contribution in [0.5, 0.6) is 0 Å². The molecule has 0 bridgehead atoms. The van der Waals surface area contributed by atoms with Crippen LogP contribution in [0.3, 0.4) is 0 Å². The van der Waals surface area contributed by atoms with Gasteiger partial charge in [0.15, 0.2) is 9.84 Å². The van der Waals surface area contributed by atoms with Crippen molar-refractivity contribution in [2.45, 2.75) is 50.3 Å². The first kappa shape index (κ1) is 19.2. The number of carbonyl (C=O) groups is 2. The van der Waals surface area contributed by atoms with Crippen LogP contribution in [0.15, 0.2) is 29.2 Å². The lowest BCUT2D eigenvalue weighted by Crippen LogP contribution is -2.41. The molecule has 7 heteroatoms. The fourth-order valence-electron chi connectivity index (χ4n) is 2.02. The first-order valence-corrected chi connectivity index (χ1v) is 9.02. The Kier molecular flexibility index (Phi) is 6.32. The molecule has 0 heterocycles. The average molecular weight is 341 g/mol. The molecule has 0 saturated heterocycles. The summed E-state index contributed by atoms with van der Waals surface area (Å²) in [4.78, 5) is 24.9. The minimum Gasteiger partial charge on any atom is -0.480 e. The van der Waals surface area contributed by atoms with E-state index < -0.39 is 27.0 Å². The highest BCUT2D eigenvalue weighted by Crippen LogP contribution is 2.18. The maximum Gasteiger partial charge on any atom is 0.323 e. The third-order valence-electron chi connectivity index (χ3n) is 3.74. The first-order chi connectivity index (χ1) is 10.6. The highest BCUT2D eigenvalue weighted by Gasteiger charge is 2.24. The molecule has 0 aromatic heterocycles. The summed E-state index contributed by atoms with van der Waals surface area (Å²) in [6, 6.07) is 5.40. The van der Waals surface area contributed by atoms with Crippen molar-refractivity contribution >= 4 is 21.7 Å². The minimum atomic E-state index is -3.40. The quantitative estimate of drug-likeness (QED) is 0.821. The lowest BCUT2D eigenvalue weighted by molar-refractivity contribution is -0.138. The van der Waals surface area contributed by atoms with Crippen LogP contribution in [-0.4, -0.2) is 48.1 Å². The van der Waals surface area contributed by atoms with Crippen molar-refractivity contribution in [3.05, 3.63) is 29.8 Å². The van der Waals surface area contributed by atoms with Crippen molar-refractivity contribution in [1.29, 1.82) is 0 Å². The Morgan fingerprint density at radius 1 is 1.13 bits per heavy atom. The van der Waals surface area contributed by atoms with Crippen LogP contribution in [-0.2, 0) is 14.6 Å². The van der Waals surface area contributed by atoms with Crippen LogP contribution in [0.4, 0.5) is 0 Å². The van der Waals surface area contributed by atoms with Crippen LogP contribution < -0.4 is 0 Å². The Bertz CT molecular complexity index is 664. The fourth-order valence-corrected chi connectivity index (χ4v) is 3.08. The average Bonchev–Trinajstić information content (AvgIpc) is 2.51. The van der Waals surface area contributed by atoms with Gasteiger partial charge in [0.05, 0.1) is 10.1 Å². The van der Waals surface area contributed by atoms with Crippen LogP contribution in [0, 0.1) is 0 Å². The van der Waals surface area contributed by atoms with Gasteiger partial charge in [-0.3, -0.25) is 9.59 Å². The minimum absolute atomic E-state index is 0.150. The Morgan fingerprint density at radius 3 is 2.04 bits per heavy atom. The van der Waals surface area contributed by atoms with E-state index in [1.165, 1.54) is 29.2 Å². The number of amides is 1. The van der Waals surface area contributed by atoms with Gasteiger partial charge in [0, 0.05) is 11.6 Å². The zero-order chi connectivity index (χ0) is 17.8. The molecule has 1 aromatic rings. The van der Waals surface area contributed by atoms with E-state index in [4.69, 9.17) is 5.11 Å². The van der Waals surface area contributed by atoms with Crippen LogP contribution in [0.2, 0.25) is 0 Å². The summed E-state index contributed by atoms with van der Waals surface area (Å²) in [5.74, 6) is -1.51. The lowest BCUT2D eigenvalue weighted by atomic mass is 10.1. The molecular formula is C16H23NO5S. The number of carbonyl (C=O) groups excluding carboxylic acids is 1. The molecule has 0 fully saturated rings. The van der Waals surface area contributed by atoms with E-state index in [1.807, 2.05) is 6.92 Å². The molecule has 1 atom stereocenters. The van der Waals surface area contributed by atoms with Crippen molar-refractivity contribution < 1.29 is 23.1 Å². The summed E-state index contributed by atoms with van der Waals surface area (Å²) in [6.45, 7) is 6.43. The molecule has 1 unspecified atom stereocenters. The van der Waals surface area contributed by atoms with Gasteiger partial charge in [-0.25, -0.2) is 8.42 Å². The predicted octanol–water partition coefficient (Wildman–Crippen LogP) is 2.19. The fraction of sp³-hybridized carbons (Fsp3) is 0.500. The summed E-state index contributed by atoms with van der Waals surface area (Å²) in [7, 11) is -3.40. The monoisotopic (exact) mass is 341 g/mol.